The Balaban J connectivity index is 0.000000529. The van der Waals surface area contributed by atoms with Crippen molar-refractivity contribution in [2.75, 3.05) is 13.2 Å². The van der Waals surface area contributed by atoms with Gasteiger partial charge < -0.3 is 29.7 Å². The van der Waals surface area contributed by atoms with Crippen molar-refractivity contribution in [1.82, 2.24) is 0 Å². The topological polar surface area (TPSA) is 233 Å². The van der Waals surface area contributed by atoms with E-state index in [0.29, 0.717) is 0 Å². The normalized spacial score (nSPS) is 9.84. The second kappa shape index (κ2) is 13.5. The van der Waals surface area contributed by atoms with Crippen LogP contribution in [-0.4, -0.2) is 75.6 Å². The lowest BCUT2D eigenvalue weighted by molar-refractivity contribution is 0.0651. The van der Waals surface area contributed by atoms with Crippen molar-refractivity contribution in [1.29, 1.82) is 0 Å². The van der Waals surface area contributed by atoms with Crippen LogP contribution in [0.15, 0.2) is 48.5 Å². The molecule has 14 heteroatoms. The minimum absolute atomic E-state index is 0.125. The number of carboxylic acids is 3. The molecule has 0 fully saturated rings. The highest BCUT2D eigenvalue weighted by atomic mass is 32.3. The summed E-state index contributed by atoms with van der Waals surface area (Å²) in [5.74, 6) is -5.09. The second-order valence-electron chi connectivity index (χ2n) is 5.29. The number of hydrogen-bond acceptors (Lipinski definition) is 9. The Morgan fingerprint density at radius 3 is 1.50 bits per heavy atom. The largest absolute Gasteiger partial charge is 0.478 e. The third-order valence-electron chi connectivity index (χ3n) is 3.01. The van der Waals surface area contributed by atoms with E-state index in [1.807, 2.05) is 0 Å². The van der Waals surface area contributed by atoms with Crippen LogP contribution < -0.4 is 0 Å². The lowest BCUT2D eigenvalue weighted by Crippen LogP contribution is -2.12. The van der Waals surface area contributed by atoms with Gasteiger partial charge in [0, 0.05) is 0 Å². The molecule has 0 bridgehead atoms. The van der Waals surface area contributed by atoms with E-state index in [2.05, 4.69) is 4.18 Å². The van der Waals surface area contributed by atoms with Crippen molar-refractivity contribution in [3.63, 3.8) is 0 Å². The van der Waals surface area contributed by atoms with E-state index in [4.69, 9.17) is 30.1 Å². The van der Waals surface area contributed by atoms with Crippen LogP contribution in [0.5, 0.6) is 0 Å². The van der Waals surface area contributed by atoms with Gasteiger partial charge >= 0.3 is 34.3 Å². The standard InChI is InChI=1S/C8H6O7S.C8H6O4.C2H6O2/c9-7(10)5-2-1-3-6(4-5)8(11)15-16(12,13)14;9-7(10)5-3-1-2-4-6(5)8(11)12;3-1-2-4/h1-4H,(H,9,10)(H,12,13,14);1-4H,(H,9,10)(H,11,12);3-4H,1-2H2. The summed E-state index contributed by atoms with van der Waals surface area (Å²) in [4.78, 5) is 42.5. The maximum atomic E-state index is 11.1. The van der Waals surface area contributed by atoms with Crippen molar-refractivity contribution < 1.29 is 61.9 Å². The van der Waals surface area contributed by atoms with E-state index < -0.39 is 34.3 Å². The summed E-state index contributed by atoms with van der Waals surface area (Å²) in [5, 5.41) is 41.0. The highest BCUT2D eigenvalue weighted by molar-refractivity contribution is 7.81. The van der Waals surface area contributed by atoms with Gasteiger partial charge in [-0.25, -0.2) is 19.2 Å². The Morgan fingerprint density at radius 2 is 1.16 bits per heavy atom. The first-order valence-corrected chi connectivity index (χ1v) is 9.52. The number of aliphatic hydroxyl groups is 2. The highest BCUT2D eigenvalue weighted by Gasteiger charge is 2.17. The molecule has 2 aromatic rings. The molecule has 0 saturated heterocycles. The number of benzene rings is 2. The molecule has 0 aromatic heterocycles. The Kier molecular flexibility index (Phi) is 11.8. The average molecular weight is 474 g/mol. The number of rotatable bonds is 6. The number of aliphatic hydroxyl groups excluding tert-OH is 2. The number of aromatic carboxylic acids is 3. The molecule has 0 radical (unpaired) electrons. The minimum atomic E-state index is -4.90. The SMILES string of the molecule is O=C(O)c1cccc(C(=O)OS(=O)(=O)O)c1.O=C(O)c1ccccc1C(=O)O.OCCO. The summed E-state index contributed by atoms with van der Waals surface area (Å²) in [5.41, 5.74) is -0.877. The van der Waals surface area contributed by atoms with Crippen LogP contribution >= 0.6 is 0 Å². The molecule has 13 nitrogen and oxygen atoms in total. The fraction of sp³-hybridized carbons (Fsp3) is 0.111. The van der Waals surface area contributed by atoms with Crippen LogP contribution in [0.2, 0.25) is 0 Å². The molecule has 6 N–H and O–H groups in total. The van der Waals surface area contributed by atoms with Crippen LogP contribution in [0.25, 0.3) is 0 Å². The van der Waals surface area contributed by atoms with E-state index in [1.165, 1.54) is 36.4 Å². The Morgan fingerprint density at radius 1 is 0.719 bits per heavy atom. The zero-order chi connectivity index (χ0) is 24.9. The summed E-state index contributed by atoms with van der Waals surface area (Å²) < 4.78 is 32.4. The zero-order valence-corrected chi connectivity index (χ0v) is 16.8. The maximum Gasteiger partial charge on any atom is 0.449 e. The highest BCUT2D eigenvalue weighted by Crippen LogP contribution is 2.09. The molecule has 174 valence electrons. The molecule has 0 saturated carbocycles. The Bertz CT molecular complexity index is 1030. The van der Waals surface area contributed by atoms with Crippen LogP contribution in [0.4, 0.5) is 0 Å². The molecule has 0 aliphatic carbocycles. The zero-order valence-electron chi connectivity index (χ0n) is 16.0. The minimum Gasteiger partial charge on any atom is -0.478 e. The number of carboxylic acid groups (broad SMARTS) is 3. The van der Waals surface area contributed by atoms with Gasteiger partial charge in [-0.3, -0.25) is 4.55 Å². The van der Waals surface area contributed by atoms with Gasteiger partial charge in [-0.1, -0.05) is 18.2 Å². The molecule has 0 aliphatic rings. The first-order chi connectivity index (χ1) is 14.8. The third kappa shape index (κ3) is 10.8. The van der Waals surface area contributed by atoms with Gasteiger partial charge in [0.25, 0.3) is 0 Å². The first kappa shape index (κ1) is 28.1. The van der Waals surface area contributed by atoms with E-state index >= 15 is 0 Å². The summed E-state index contributed by atoms with van der Waals surface area (Å²) in [6.07, 6.45) is 0. The van der Waals surface area contributed by atoms with Crippen LogP contribution in [0.3, 0.4) is 0 Å². The van der Waals surface area contributed by atoms with Gasteiger partial charge in [0.05, 0.1) is 35.5 Å². The van der Waals surface area contributed by atoms with Crippen molar-refractivity contribution in [2.45, 2.75) is 0 Å². The van der Waals surface area contributed by atoms with Crippen molar-refractivity contribution >= 4 is 34.3 Å². The smallest absolute Gasteiger partial charge is 0.449 e. The third-order valence-corrected chi connectivity index (χ3v) is 3.38. The molecule has 0 atom stereocenters. The van der Waals surface area contributed by atoms with Crippen molar-refractivity contribution in [3.05, 3.63) is 70.8 Å². The maximum absolute atomic E-state index is 11.1. The van der Waals surface area contributed by atoms with Gasteiger partial charge in [0.2, 0.25) is 0 Å². The lowest BCUT2D eigenvalue weighted by atomic mass is 10.1. The number of hydrogen-bond donors (Lipinski definition) is 6. The van der Waals surface area contributed by atoms with Gasteiger partial charge in [0.15, 0.2) is 0 Å². The lowest BCUT2D eigenvalue weighted by Gasteiger charge is -2.01. The summed E-state index contributed by atoms with van der Waals surface area (Å²) >= 11 is 0. The fourth-order valence-electron chi connectivity index (χ4n) is 1.78. The van der Waals surface area contributed by atoms with Crippen LogP contribution in [0, 0.1) is 0 Å². The summed E-state index contributed by atoms with van der Waals surface area (Å²) in [7, 11) is -4.90. The predicted octanol–water partition coefficient (Wildman–Crippen LogP) is 0.398. The summed E-state index contributed by atoms with van der Waals surface area (Å²) in [6, 6.07) is 10.0. The van der Waals surface area contributed by atoms with Crippen molar-refractivity contribution in [3.8, 4) is 0 Å². The van der Waals surface area contributed by atoms with E-state index in [9.17, 15) is 27.6 Å². The molecule has 0 heterocycles. The van der Waals surface area contributed by atoms with Crippen LogP contribution in [0.1, 0.15) is 41.4 Å². The molecule has 0 aliphatic heterocycles. The second-order valence-corrected chi connectivity index (χ2v) is 6.31. The van der Waals surface area contributed by atoms with Gasteiger partial charge in [-0.15, -0.1) is 0 Å². The molecule has 2 aromatic carbocycles. The Hall–Kier alpha value is -3.85. The van der Waals surface area contributed by atoms with Gasteiger partial charge in [-0.2, -0.15) is 8.42 Å². The first-order valence-electron chi connectivity index (χ1n) is 8.16. The molecular formula is C18H18O13S. The van der Waals surface area contributed by atoms with Crippen LogP contribution in [-0.2, 0) is 14.6 Å². The molecule has 0 spiro atoms. The molecule has 32 heavy (non-hydrogen) atoms. The molecule has 0 amide bonds. The quantitative estimate of drug-likeness (QED) is 0.311. The molecular weight excluding hydrogens is 456 g/mol. The Labute approximate surface area is 180 Å². The van der Waals surface area contributed by atoms with Crippen molar-refractivity contribution in [2.24, 2.45) is 0 Å². The van der Waals surface area contributed by atoms with E-state index in [0.717, 1.165) is 12.1 Å². The van der Waals surface area contributed by atoms with E-state index in [-0.39, 0.29) is 35.5 Å². The number of carbonyl (C=O) groups is 4. The predicted molar refractivity (Wildman–Crippen MR) is 105 cm³/mol. The summed E-state index contributed by atoms with van der Waals surface area (Å²) in [6.45, 7) is -0.250. The van der Waals surface area contributed by atoms with E-state index in [1.54, 1.807) is 0 Å². The monoisotopic (exact) mass is 474 g/mol. The van der Waals surface area contributed by atoms with Gasteiger partial charge in [-0.05, 0) is 30.3 Å². The molecule has 0 unspecified atom stereocenters. The fourth-order valence-corrected chi connectivity index (χ4v) is 2.07. The average Bonchev–Trinajstić information content (AvgIpc) is 2.73. The van der Waals surface area contributed by atoms with Gasteiger partial charge in [0.1, 0.15) is 0 Å². The number of carbonyl (C=O) groups excluding carboxylic acids is 1. The molecule has 2 rings (SSSR count).